The van der Waals surface area contributed by atoms with Crippen LogP contribution in [0.4, 0.5) is 0 Å². The molecule has 0 aromatic carbocycles. The van der Waals surface area contributed by atoms with E-state index >= 15 is 0 Å². The highest BCUT2D eigenvalue weighted by atomic mass is 16.5. The Morgan fingerprint density at radius 2 is 1.70 bits per heavy atom. The number of aromatic nitrogens is 2. The summed E-state index contributed by atoms with van der Waals surface area (Å²) >= 11 is 0. The van der Waals surface area contributed by atoms with Crippen LogP contribution in [-0.2, 0) is 16.1 Å². The molecule has 116 valence electrons. The first-order valence-electron chi connectivity index (χ1n) is 6.87. The van der Waals surface area contributed by atoms with Crippen molar-refractivity contribution in [2.24, 2.45) is 5.73 Å². The van der Waals surface area contributed by atoms with E-state index in [0.717, 1.165) is 0 Å². The van der Waals surface area contributed by atoms with Crippen molar-refractivity contribution >= 4 is 0 Å². The van der Waals surface area contributed by atoms with Crippen molar-refractivity contribution in [3.8, 4) is 0 Å². The van der Waals surface area contributed by atoms with Crippen LogP contribution in [0, 0.1) is 0 Å². The molecule has 0 aliphatic rings. The lowest BCUT2D eigenvalue weighted by molar-refractivity contribution is -0.0653. The molecule has 2 N–H and O–H groups in total. The van der Waals surface area contributed by atoms with Crippen molar-refractivity contribution in [1.82, 2.24) is 10.2 Å². The summed E-state index contributed by atoms with van der Waals surface area (Å²) in [6.45, 7) is 14.0. The van der Waals surface area contributed by atoms with E-state index in [0.29, 0.717) is 11.8 Å². The Labute approximate surface area is 121 Å². The van der Waals surface area contributed by atoms with Gasteiger partial charge in [0.25, 0.3) is 0 Å². The average Bonchev–Trinajstić information content (AvgIpc) is 2.70. The highest BCUT2D eigenvalue weighted by molar-refractivity contribution is 4.92. The zero-order valence-electron chi connectivity index (χ0n) is 13.6. The van der Waals surface area contributed by atoms with Crippen LogP contribution >= 0.6 is 0 Å². The highest BCUT2D eigenvalue weighted by Crippen LogP contribution is 2.21. The molecule has 0 radical (unpaired) electrons. The van der Waals surface area contributed by atoms with Crippen LogP contribution in [0.3, 0.4) is 0 Å². The number of hydrogen-bond acceptors (Lipinski definition) is 6. The van der Waals surface area contributed by atoms with Gasteiger partial charge in [-0.3, -0.25) is 0 Å². The second-order valence-corrected chi connectivity index (χ2v) is 6.90. The van der Waals surface area contributed by atoms with Crippen molar-refractivity contribution in [1.29, 1.82) is 0 Å². The molecule has 0 aliphatic carbocycles. The largest absolute Gasteiger partial charge is 0.421 e. The Balaban J connectivity index is 2.62. The van der Waals surface area contributed by atoms with Crippen LogP contribution in [0.15, 0.2) is 4.42 Å². The average molecular weight is 285 g/mol. The molecule has 2 atom stereocenters. The first-order chi connectivity index (χ1) is 8.98. The standard InChI is InChI=1S/C14H27N3O3/c1-9(20-14(5,6)7)11(15)12-17-16-10(19-12)8-18-13(2,3)4/h9,11H,8,15H2,1-7H3. The summed E-state index contributed by atoms with van der Waals surface area (Å²) < 4.78 is 16.9. The maximum atomic E-state index is 6.08. The molecule has 0 saturated heterocycles. The maximum Gasteiger partial charge on any atom is 0.242 e. The fraction of sp³-hybridized carbons (Fsp3) is 0.857. The van der Waals surface area contributed by atoms with Crippen molar-refractivity contribution in [3.63, 3.8) is 0 Å². The van der Waals surface area contributed by atoms with E-state index in [4.69, 9.17) is 19.6 Å². The predicted molar refractivity (Wildman–Crippen MR) is 76.1 cm³/mol. The lowest BCUT2D eigenvalue weighted by atomic mass is 10.1. The van der Waals surface area contributed by atoms with Crippen LogP contribution in [-0.4, -0.2) is 27.5 Å². The van der Waals surface area contributed by atoms with Crippen LogP contribution < -0.4 is 5.73 Å². The molecule has 6 heteroatoms. The second kappa shape index (κ2) is 6.20. The molecular formula is C14H27N3O3. The molecular weight excluding hydrogens is 258 g/mol. The van der Waals surface area contributed by atoms with E-state index in [1.54, 1.807) is 0 Å². The molecule has 1 rings (SSSR count). The van der Waals surface area contributed by atoms with Gasteiger partial charge in [0.1, 0.15) is 12.6 Å². The Bertz CT molecular complexity index is 418. The van der Waals surface area contributed by atoms with E-state index < -0.39 is 6.04 Å². The number of rotatable bonds is 5. The van der Waals surface area contributed by atoms with Gasteiger partial charge in [-0.1, -0.05) is 0 Å². The fourth-order valence-electron chi connectivity index (χ4n) is 1.57. The Morgan fingerprint density at radius 3 is 2.20 bits per heavy atom. The first kappa shape index (κ1) is 17.1. The highest BCUT2D eigenvalue weighted by Gasteiger charge is 2.26. The zero-order valence-corrected chi connectivity index (χ0v) is 13.6. The quantitative estimate of drug-likeness (QED) is 0.895. The minimum atomic E-state index is -0.454. The van der Waals surface area contributed by atoms with E-state index in [9.17, 15) is 0 Å². The van der Waals surface area contributed by atoms with Crippen molar-refractivity contribution in [2.45, 2.75) is 78.4 Å². The molecule has 0 aliphatic heterocycles. The number of nitrogens with two attached hydrogens (primary N) is 1. The Hall–Kier alpha value is -0.980. The minimum Gasteiger partial charge on any atom is -0.421 e. The van der Waals surface area contributed by atoms with E-state index in [-0.39, 0.29) is 23.9 Å². The van der Waals surface area contributed by atoms with Crippen molar-refractivity contribution < 1.29 is 13.9 Å². The monoisotopic (exact) mass is 285 g/mol. The molecule has 1 heterocycles. The third-order valence-corrected chi connectivity index (χ3v) is 2.44. The number of ether oxygens (including phenoxy) is 2. The van der Waals surface area contributed by atoms with Gasteiger partial charge in [0.2, 0.25) is 11.8 Å². The normalized spacial score (nSPS) is 16.2. The van der Waals surface area contributed by atoms with Crippen LogP contribution in [0.25, 0.3) is 0 Å². The fourth-order valence-corrected chi connectivity index (χ4v) is 1.57. The summed E-state index contributed by atoms with van der Waals surface area (Å²) in [5.41, 5.74) is 5.56. The molecule has 0 spiro atoms. The molecule has 1 aromatic rings. The van der Waals surface area contributed by atoms with Crippen LogP contribution in [0.1, 0.15) is 66.3 Å². The zero-order chi connectivity index (χ0) is 15.6. The van der Waals surface area contributed by atoms with Crippen molar-refractivity contribution in [2.75, 3.05) is 0 Å². The lowest BCUT2D eigenvalue weighted by Gasteiger charge is -2.27. The summed E-state index contributed by atoms with van der Waals surface area (Å²) in [5, 5.41) is 7.91. The smallest absolute Gasteiger partial charge is 0.242 e. The Kier molecular flexibility index (Phi) is 5.29. The molecule has 0 saturated carbocycles. The lowest BCUT2D eigenvalue weighted by Crippen LogP contribution is -2.33. The van der Waals surface area contributed by atoms with E-state index in [2.05, 4.69) is 10.2 Å². The molecule has 2 unspecified atom stereocenters. The molecule has 20 heavy (non-hydrogen) atoms. The third-order valence-electron chi connectivity index (χ3n) is 2.44. The second-order valence-electron chi connectivity index (χ2n) is 6.90. The van der Waals surface area contributed by atoms with Crippen molar-refractivity contribution in [3.05, 3.63) is 11.8 Å². The molecule has 6 nitrogen and oxygen atoms in total. The van der Waals surface area contributed by atoms with Gasteiger partial charge in [0.15, 0.2) is 0 Å². The molecule has 0 fully saturated rings. The van der Waals surface area contributed by atoms with Crippen LogP contribution in [0.5, 0.6) is 0 Å². The van der Waals surface area contributed by atoms with Gasteiger partial charge in [0.05, 0.1) is 17.3 Å². The molecule has 0 amide bonds. The topological polar surface area (TPSA) is 83.4 Å². The summed E-state index contributed by atoms with van der Waals surface area (Å²) in [6.07, 6.45) is -0.216. The summed E-state index contributed by atoms with van der Waals surface area (Å²) in [5.74, 6) is 0.794. The number of nitrogens with zero attached hydrogens (tertiary/aromatic N) is 2. The number of hydrogen-bond donors (Lipinski definition) is 1. The van der Waals surface area contributed by atoms with E-state index in [1.165, 1.54) is 0 Å². The maximum absolute atomic E-state index is 6.08. The third kappa shape index (κ3) is 5.98. The SMILES string of the molecule is CC(OC(C)(C)C)C(N)c1nnc(COC(C)(C)C)o1. The van der Waals surface area contributed by atoms with Gasteiger partial charge in [-0.05, 0) is 48.5 Å². The van der Waals surface area contributed by atoms with Gasteiger partial charge in [-0.25, -0.2) is 0 Å². The summed E-state index contributed by atoms with van der Waals surface area (Å²) in [6, 6.07) is -0.454. The van der Waals surface area contributed by atoms with Gasteiger partial charge in [-0.2, -0.15) is 0 Å². The van der Waals surface area contributed by atoms with Gasteiger partial charge in [-0.15, -0.1) is 10.2 Å². The molecule has 0 bridgehead atoms. The van der Waals surface area contributed by atoms with Gasteiger partial charge < -0.3 is 19.6 Å². The first-order valence-corrected chi connectivity index (χ1v) is 6.87. The minimum absolute atomic E-state index is 0.216. The van der Waals surface area contributed by atoms with E-state index in [1.807, 2.05) is 48.5 Å². The molecule has 1 aromatic heterocycles. The predicted octanol–water partition coefficient (Wildman–Crippen LogP) is 2.59. The summed E-state index contributed by atoms with van der Waals surface area (Å²) in [4.78, 5) is 0. The summed E-state index contributed by atoms with van der Waals surface area (Å²) in [7, 11) is 0. The van der Waals surface area contributed by atoms with Gasteiger partial charge in [0, 0.05) is 0 Å². The Morgan fingerprint density at radius 1 is 1.10 bits per heavy atom. The van der Waals surface area contributed by atoms with Crippen LogP contribution in [0.2, 0.25) is 0 Å². The van der Waals surface area contributed by atoms with Gasteiger partial charge >= 0.3 is 0 Å².